The molecule has 0 rings (SSSR count). The maximum absolute atomic E-state index is 11.9. The van der Waals surface area contributed by atoms with Gasteiger partial charge in [-0.3, -0.25) is 0 Å². The molecule has 0 aromatic rings. The number of ether oxygens (including phenoxy) is 2. The van der Waals surface area contributed by atoms with Gasteiger partial charge in [0.15, 0.2) is 10.9 Å². The standard InChI is InChI=1S/C12H22O4S/c1-9(2)7-15-11(5)17(13,14)12(6)16-8-10(3)4/h11-12H,1,3,7-8H2,2,4-6H3. The molecule has 17 heavy (non-hydrogen) atoms. The maximum atomic E-state index is 11.9. The minimum absolute atomic E-state index is 0.230. The van der Waals surface area contributed by atoms with Crippen LogP contribution in [0.25, 0.3) is 0 Å². The Morgan fingerprint density at radius 3 is 1.53 bits per heavy atom. The zero-order chi connectivity index (χ0) is 13.6. The lowest BCUT2D eigenvalue weighted by molar-refractivity contribution is 0.110. The highest BCUT2D eigenvalue weighted by molar-refractivity contribution is 7.92. The van der Waals surface area contributed by atoms with Crippen molar-refractivity contribution in [3.63, 3.8) is 0 Å². The summed E-state index contributed by atoms with van der Waals surface area (Å²) in [7, 11) is -3.46. The number of hydrogen-bond donors (Lipinski definition) is 0. The van der Waals surface area contributed by atoms with Crippen LogP contribution in [0, 0.1) is 0 Å². The van der Waals surface area contributed by atoms with Crippen LogP contribution < -0.4 is 0 Å². The van der Waals surface area contributed by atoms with E-state index in [1.807, 2.05) is 0 Å². The van der Waals surface area contributed by atoms with E-state index in [9.17, 15) is 8.42 Å². The minimum atomic E-state index is -3.46. The molecule has 0 aromatic heterocycles. The molecule has 100 valence electrons. The molecule has 0 saturated carbocycles. The summed E-state index contributed by atoms with van der Waals surface area (Å²) in [5.74, 6) is 0. The van der Waals surface area contributed by atoms with Gasteiger partial charge in [0, 0.05) is 0 Å². The third-order valence-corrected chi connectivity index (χ3v) is 4.18. The van der Waals surface area contributed by atoms with Crippen molar-refractivity contribution in [2.45, 2.75) is 38.6 Å². The second-order valence-electron chi connectivity index (χ2n) is 4.26. The van der Waals surface area contributed by atoms with Crippen molar-refractivity contribution < 1.29 is 17.9 Å². The van der Waals surface area contributed by atoms with E-state index in [1.165, 1.54) is 13.8 Å². The average Bonchev–Trinajstić information content (AvgIpc) is 2.21. The molecule has 2 atom stereocenters. The minimum Gasteiger partial charge on any atom is -0.358 e. The van der Waals surface area contributed by atoms with Crippen LogP contribution in [0.3, 0.4) is 0 Å². The topological polar surface area (TPSA) is 52.6 Å². The van der Waals surface area contributed by atoms with Crippen LogP contribution in [-0.4, -0.2) is 32.5 Å². The average molecular weight is 262 g/mol. The molecule has 0 heterocycles. The first-order valence-corrected chi connectivity index (χ1v) is 7.03. The van der Waals surface area contributed by atoms with Gasteiger partial charge in [-0.2, -0.15) is 0 Å². The third kappa shape index (κ3) is 6.00. The van der Waals surface area contributed by atoms with Crippen molar-refractivity contribution in [2.75, 3.05) is 13.2 Å². The molecule has 5 heteroatoms. The Kier molecular flexibility index (Phi) is 6.67. The van der Waals surface area contributed by atoms with E-state index in [-0.39, 0.29) is 13.2 Å². The Morgan fingerprint density at radius 1 is 1.00 bits per heavy atom. The second kappa shape index (κ2) is 6.93. The largest absolute Gasteiger partial charge is 0.358 e. The molecule has 0 N–H and O–H groups in total. The Balaban J connectivity index is 4.43. The van der Waals surface area contributed by atoms with Crippen molar-refractivity contribution in [2.24, 2.45) is 0 Å². The molecule has 4 nitrogen and oxygen atoms in total. The molecule has 0 aromatic carbocycles. The van der Waals surface area contributed by atoms with Gasteiger partial charge < -0.3 is 9.47 Å². The summed E-state index contributed by atoms with van der Waals surface area (Å²) in [4.78, 5) is 0. The van der Waals surface area contributed by atoms with Gasteiger partial charge in [-0.05, 0) is 27.7 Å². The summed E-state index contributed by atoms with van der Waals surface area (Å²) in [6.45, 7) is 14.3. The maximum Gasteiger partial charge on any atom is 0.203 e. The zero-order valence-electron chi connectivity index (χ0n) is 11.0. The fourth-order valence-corrected chi connectivity index (χ4v) is 2.03. The molecule has 0 amide bonds. The molecule has 0 radical (unpaired) electrons. The molecule has 0 aliphatic heterocycles. The summed E-state index contributed by atoms with van der Waals surface area (Å²) in [6, 6.07) is 0. The fourth-order valence-electron chi connectivity index (χ4n) is 0.979. The van der Waals surface area contributed by atoms with Crippen molar-refractivity contribution in [1.82, 2.24) is 0 Å². The SMILES string of the molecule is C=C(C)COC(C)S(=O)(=O)C(C)OCC(=C)C. The van der Waals surface area contributed by atoms with Crippen molar-refractivity contribution >= 4 is 9.84 Å². The van der Waals surface area contributed by atoms with Crippen molar-refractivity contribution in [3.05, 3.63) is 24.3 Å². The smallest absolute Gasteiger partial charge is 0.203 e. The predicted molar refractivity (Wildman–Crippen MR) is 69.4 cm³/mol. The van der Waals surface area contributed by atoms with Crippen molar-refractivity contribution in [1.29, 1.82) is 0 Å². The molecule has 0 aliphatic rings. The van der Waals surface area contributed by atoms with Crippen LogP contribution in [0.4, 0.5) is 0 Å². The molecule has 0 fully saturated rings. The first kappa shape index (κ1) is 16.4. The Bertz CT molecular complexity index is 340. The molecular weight excluding hydrogens is 240 g/mol. The van der Waals surface area contributed by atoms with Crippen LogP contribution in [0.2, 0.25) is 0 Å². The Hall–Kier alpha value is -0.650. The summed E-state index contributed by atoms with van der Waals surface area (Å²) >= 11 is 0. The predicted octanol–water partition coefficient (Wildman–Crippen LogP) is 2.28. The third-order valence-electron chi connectivity index (χ3n) is 2.05. The van der Waals surface area contributed by atoms with Gasteiger partial charge in [-0.25, -0.2) is 8.42 Å². The first-order valence-electron chi connectivity index (χ1n) is 5.42. The lowest BCUT2D eigenvalue weighted by Crippen LogP contribution is -2.32. The monoisotopic (exact) mass is 262 g/mol. The van der Waals surface area contributed by atoms with E-state index >= 15 is 0 Å². The molecule has 0 bridgehead atoms. The summed E-state index contributed by atoms with van der Waals surface area (Å²) < 4.78 is 34.3. The van der Waals surface area contributed by atoms with Gasteiger partial charge in [0.05, 0.1) is 13.2 Å². The molecular formula is C12H22O4S. The molecule has 0 saturated heterocycles. The summed E-state index contributed by atoms with van der Waals surface area (Å²) in [5, 5.41) is 0. The number of rotatable bonds is 8. The highest BCUT2D eigenvalue weighted by atomic mass is 32.2. The highest BCUT2D eigenvalue weighted by Crippen LogP contribution is 2.13. The van der Waals surface area contributed by atoms with Gasteiger partial charge in [-0.15, -0.1) is 0 Å². The van der Waals surface area contributed by atoms with Crippen molar-refractivity contribution in [3.8, 4) is 0 Å². The van der Waals surface area contributed by atoms with E-state index < -0.39 is 20.7 Å². The quantitative estimate of drug-likeness (QED) is 0.630. The molecule has 2 unspecified atom stereocenters. The molecule has 0 spiro atoms. The van der Waals surface area contributed by atoms with Gasteiger partial charge in [0.25, 0.3) is 0 Å². The van der Waals surface area contributed by atoms with E-state index in [2.05, 4.69) is 13.2 Å². The van der Waals surface area contributed by atoms with Crippen LogP contribution in [0.1, 0.15) is 27.7 Å². The first-order chi connectivity index (χ1) is 7.67. The second-order valence-corrected chi connectivity index (χ2v) is 6.77. The summed E-state index contributed by atoms with van der Waals surface area (Å²) in [5.41, 5.74) is -0.247. The number of sulfone groups is 1. The Morgan fingerprint density at radius 2 is 1.29 bits per heavy atom. The lowest BCUT2D eigenvalue weighted by Gasteiger charge is -2.19. The van der Waals surface area contributed by atoms with Crippen LogP contribution in [0.15, 0.2) is 24.3 Å². The van der Waals surface area contributed by atoms with Crippen LogP contribution in [0.5, 0.6) is 0 Å². The van der Waals surface area contributed by atoms with Gasteiger partial charge in [0.2, 0.25) is 9.84 Å². The van der Waals surface area contributed by atoms with E-state index in [1.54, 1.807) is 13.8 Å². The van der Waals surface area contributed by atoms with Gasteiger partial charge >= 0.3 is 0 Å². The van der Waals surface area contributed by atoms with Gasteiger partial charge in [0.1, 0.15) is 0 Å². The molecule has 0 aliphatic carbocycles. The van der Waals surface area contributed by atoms with E-state index in [0.717, 1.165) is 11.1 Å². The normalized spacial score (nSPS) is 15.3. The number of hydrogen-bond acceptors (Lipinski definition) is 4. The highest BCUT2D eigenvalue weighted by Gasteiger charge is 2.29. The Labute approximate surface area is 104 Å². The fraction of sp³-hybridized carbons (Fsp3) is 0.667. The van der Waals surface area contributed by atoms with Gasteiger partial charge in [-0.1, -0.05) is 24.3 Å². The van der Waals surface area contributed by atoms with Crippen LogP contribution in [-0.2, 0) is 19.3 Å². The zero-order valence-corrected chi connectivity index (χ0v) is 11.8. The van der Waals surface area contributed by atoms with Crippen LogP contribution >= 0.6 is 0 Å². The lowest BCUT2D eigenvalue weighted by atomic mass is 10.4. The van der Waals surface area contributed by atoms with E-state index in [4.69, 9.17) is 9.47 Å². The summed E-state index contributed by atoms with van der Waals surface area (Å²) in [6.07, 6.45) is 0. The van der Waals surface area contributed by atoms with E-state index in [0.29, 0.717) is 0 Å².